The van der Waals surface area contributed by atoms with Crippen molar-refractivity contribution in [3.05, 3.63) is 77.9 Å². The summed E-state index contributed by atoms with van der Waals surface area (Å²) in [6.07, 6.45) is 2.27. The zero-order chi connectivity index (χ0) is 19.3. The van der Waals surface area contributed by atoms with Crippen molar-refractivity contribution in [2.75, 3.05) is 13.2 Å². The first kappa shape index (κ1) is 18.5. The van der Waals surface area contributed by atoms with Gasteiger partial charge in [0.2, 0.25) is 0 Å². The van der Waals surface area contributed by atoms with Gasteiger partial charge in [0.05, 0.1) is 12.1 Å². The fraction of sp³-hybridized carbons (Fsp3) is 0.292. The van der Waals surface area contributed by atoms with Crippen LogP contribution in [0.25, 0.3) is 10.8 Å². The highest BCUT2D eigenvalue weighted by atomic mass is 16.5. The molecule has 4 heteroatoms. The van der Waals surface area contributed by atoms with Gasteiger partial charge in [0.15, 0.2) is 0 Å². The van der Waals surface area contributed by atoms with E-state index < -0.39 is 0 Å². The molecule has 0 aromatic heterocycles. The number of ether oxygens (including phenoxy) is 2. The molecule has 1 N–H and O–H groups in total. The Kier molecular flexibility index (Phi) is 5.58. The van der Waals surface area contributed by atoms with Crippen LogP contribution in [0.2, 0.25) is 0 Å². The number of carbonyl (C=O) groups excluding carboxylic acids is 1. The van der Waals surface area contributed by atoms with E-state index in [4.69, 9.17) is 9.47 Å². The van der Waals surface area contributed by atoms with E-state index in [1.165, 1.54) is 5.39 Å². The third kappa shape index (κ3) is 4.18. The molecule has 1 amide bonds. The molecule has 0 aliphatic carbocycles. The second-order valence-corrected chi connectivity index (χ2v) is 7.24. The van der Waals surface area contributed by atoms with E-state index in [2.05, 4.69) is 29.6 Å². The second kappa shape index (κ2) is 8.44. The molecule has 1 heterocycles. The lowest BCUT2D eigenvalue weighted by Crippen LogP contribution is -2.26. The van der Waals surface area contributed by atoms with Crippen molar-refractivity contribution in [2.24, 2.45) is 0 Å². The largest absolute Gasteiger partial charge is 0.491 e. The molecular formula is C24H25NO3. The molecule has 4 nitrogen and oxygen atoms in total. The average Bonchev–Trinajstić information content (AvgIpc) is 3.25. The quantitative estimate of drug-likeness (QED) is 0.667. The molecule has 3 aromatic carbocycles. The minimum atomic E-state index is -0.108. The van der Waals surface area contributed by atoms with E-state index in [1.54, 1.807) is 6.07 Å². The highest BCUT2D eigenvalue weighted by Gasteiger charge is 2.17. The molecule has 4 rings (SSSR count). The predicted molar refractivity (Wildman–Crippen MR) is 111 cm³/mol. The van der Waals surface area contributed by atoms with Gasteiger partial charge < -0.3 is 14.8 Å². The number of rotatable bonds is 6. The van der Waals surface area contributed by atoms with Gasteiger partial charge in [-0.1, -0.05) is 48.5 Å². The van der Waals surface area contributed by atoms with E-state index in [0.717, 1.165) is 30.4 Å². The van der Waals surface area contributed by atoms with Crippen molar-refractivity contribution >= 4 is 16.7 Å². The molecule has 28 heavy (non-hydrogen) atoms. The van der Waals surface area contributed by atoms with E-state index in [0.29, 0.717) is 17.9 Å². The van der Waals surface area contributed by atoms with Gasteiger partial charge in [-0.2, -0.15) is 0 Å². The first-order chi connectivity index (χ1) is 13.7. The van der Waals surface area contributed by atoms with Gasteiger partial charge in [-0.05, 0) is 54.3 Å². The summed E-state index contributed by atoms with van der Waals surface area (Å²) in [5, 5.41) is 5.44. The van der Waals surface area contributed by atoms with Crippen LogP contribution in [0, 0.1) is 0 Å². The van der Waals surface area contributed by atoms with Gasteiger partial charge in [0.25, 0.3) is 5.91 Å². The highest BCUT2D eigenvalue weighted by molar-refractivity contribution is 5.95. The van der Waals surface area contributed by atoms with E-state index in [-0.39, 0.29) is 18.1 Å². The lowest BCUT2D eigenvalue weighted by Gasteiger charge is -2.17. The van der Waals surface area contributed by atoms with Crippen LogP contribution in [-0.4, -0.2) is 25.2 Å². The maximum Gasteiger partial charge on any atom is 0.251 e. The summed E-state index contributed by atoms with van der Waals surface area (Å²) in [6.45, 7) is 3.34. The van der Waals surface area contributed by atoms with Crippen LogP contribution >= 0.6 is 0 Å². The van der Waals surface area contributed by atoms with Crippen molar-refractivity contribution in [1.29, 1.82) is 0 Å². The second-order valence-electron chi connectivity index (χ2n) is 7.24. The molecule has 0 bridgehead atoms. The fourth-order valence-corrected chi connectivity index (χ4v) is 3.68. The van der Waals surface area contributed by atoms with Crippen molar-refractivity contribution in [3.8, 4) is 5.75 Å². The number of benzene rings is 3. The molecule has 0 saturated carbocycles. The number of nitrogens with one attached hydrogen (secondary N) is 1. The normalized spacial score (nSPS) is 17.4. The van der Waals surface area contributed by atoms with Gasteiger partial charge in [-0.3, -0.25) is 4.79 Å². The maximum atomic E-state index is 12.8. The molecule has 0 radical (unpaired) electrons. The van der Waals surface area contributed by atoms with Gasteiger partial charge >= 0.3 is 0 Å². The zero-order valence-corrected chi connectivity index (χ0v) is 16.1. The Labute approximate surface area is 165 Å². The summed E-state index contributed by atoms with van der Waals surface area (Å²) in [5.74, 6) is 0.587. The van der Waals surface area contributed by atoms with Crippen LogP contribution in [0.1, 0.15) is 41.7 Å². The molecule has 1 aliphatic rings. The maximum absolute atomic E-state index is 12.8. The molecule has 0 spiro atoms. The summed E-state index contributed by atoms with van der Waals surface area (Å²) < 4.78 is 11.4. The van der Waals surface area contributed by atoms with Crippen LogP contribution in [0.4, 0.5) is 0 Å². The Hall–Kier alpha value is -2.85. The topological polar surface area (TPSA) is 47.6 Å². The summed E-state index contributed by atoms with van der Waals surface area (Å²) in [5.41, 5.74) is 1.70. The average molecular weight is 375 g/mol. The van der Waals surface area contributed by atoms with Gasteiger partial charge in [0, 0.05) is 12.2 Å². The number of hydrogen-bond donors (Lipinski definition) is 1. The van der Waals surface area contributed by atoms with Crippen LogP contribution in [0.5, 0.6) is 5.75 Å². The Bertz CT molecular complexity index is 957. The van der Waals surface area contributed by atoms with Crippen LogP contribution < -0.4 is 10.1 Å². The third-order valence-corrected chi connectivity index (χ3v) is 5.19. The smallest absolute Gasteiger partial charge is 0.251 e. The van der Waals surface area contributed by atoms with Gasteiger partial charge in [-0.15, -0.1) is 0 Å². The number of fused-ring (bicyclic) bond motifs is 1. The molecule has 3 aromatic rings. The lowest BCUT2D eigenvalue weighted by atomic mass is 9.99. The van der Waals surface area contributed by atoms with E-state index in [9.17, 15) is 4.79 Å². The summed E-state index contributed by atoms with van der Waals surface area (Å²) >= 11 is 0. The molecule has 2 atom stereocenters. The highest BCUT2D eigenvalue weighted by Crippen LogP contribution is 2.24. The molecule has 1 aliphatic heterocycles. The Balaban J connectivity index is 1.44. The predicted octanol–water partition coefficient (Wildman–Crippen LogP) is 4.89. The van der Waals surface area contributed by atoms with Gasteiger partial charge in [-0.25, -0.2) is 0 Å². The summed E-state index contributed by atoms with van der Waals surface area (Å²) in [4.78, 5) is 12.8. The van der Waals surface area contributed by atoms with Crippen LogP contribution in [0.15, 0.2) is 66.7 Å². The minimum Gasteiger partial charge on any atom is -0.491 e. The molecular weight excluding hydrogens is 350 g/mol. The monoisotopic (exact) mass is 375 g/mol. The fourth-order valence-electron chi connectivity index (χ4n) is 3.68. The standard InChI is InChI=1S/C24H25NO3/c1-17(22-13-5-8-18-7-2-3-12-23(18)22)25-24(26)19-9-4-10-20(15-19)28-16-21-11-6-14-27-21/h2-5,7-10,12-13,15,17,21H,6,11,14,16H2,1H3,(H,25,26)/t17-,21+/m1/s1. The van der Waals surface area contributed by atoms with E-state index in [1.807, 2.05) is 43.3 Å². The third-order valence-electron chi connectivity index (χ3n) is 5.19. The molecule has 0 unspecified atom stereocenters. The Morgan fingerprint density at radius 3 is 2.82 bits per heavy atom. The Morgan fingerprint density at radius 2 is 1.96 bits per heavy atom. The van der Waals surface area contributed by atoms with Crippen molar-refractivity contribution in [2.45, 2.75) is 31.9 Å². The summed E-state index contributed by atoms with van der Waals surface area (Å²) in [7, 11) is 0. The molecule has 1 saturated heterocycles. The van der Waals surface area contributed by atoms with E-state index >= 15 is 0 Å². The van der Waals surface area contributed by atoms with Crippen molar-refractivity contribution < 1.29 is 14.3 Å². The molecule has 144 valence electrons. The SMILES string of the molecule is C[C@@H](NC(=O)c1cccc(OC[C@@H]2CCCO2)c1)c1cccc2ccccc12. The number of carbonyl (C=O) groups is 1. The zero-order valence-electron chi connectivity index (χ0n) is 16.1. The van der Waals surface area contributed by atoms with Crippen molar-refractivity contribution in [1.82, 2.24) is 5.32 Å². The number of amides is 1. The van der Waals surface area contributed by atoms with Crippen LogP contribution in [-0.2, 0) is 4.74 Å². The Morgan fingerprint density at radius 1 is 1.14 bits per heavy atom. The minimum absolute atomic E-state index is 0.102. The first-order valence-electron chi connectivity index (χ1n) is 9.84. The first-order valence-corrected chi connectivity index (χ1v) is 9.84. The summed E-state index contributed by atoms with van der Waals surface area (Å²) in [6, 6.07) is 21.6. The van der Waals surface area contributed by atoms with Crippen LogP contribution in [0.3, 0.4) is 0 Å². The van der Waals surface area contributed by atoms with Crippen molar-refractivity contribution in [3.63, 3.8) is 0 Å². The number of hydrogen-bond acceptors (Lipinski definition) is 3. The molecule has 1 fully saturated rings. The van der Waals surface area contributed by atoms with Gasteiger partial charge in [0.1, 0.15) is 12.4 Å². The lowest BCUT2D eigenvalue weighted by molar-refractivity contribution is 0.0679.